The lowest BCUT2D eigenvalue weighted by atomic mass is 9.94. The molecule has 1 amide bonds. The topological polar surface area (TPSA) is 253 Å². The second-order valence-electron chi connectivity index (χ2n) is 11.0. The van der Waals surface area contributed by atoms with Crippen molar-refractivity contribution in [3.8, 4) is 0 Å². The lowest BCUT2D eigenvalue weighted by Crippen LogP contribution is -2.69. The van der Waals surface area contributed by atoms with Crippen molar-refractivity contribution in [1.82, 2.24) is 5.32 Å². The van der Waals surface area contributed by atoms with Gasteiger partial charge in [-0.1, -0.05) is 0 Å². The highest BCUT2D eigenvalue weighted by Crippen LogP contribution is 2.34. The van der Waals surface area contributed by atoms with E-state index in [-0.39, 0.29) is 26.4 Å². The average molecular weight is 724 g/mol. The number of nitrogens with one attached hydrogen (secondary N) is 1. The summed E-state index contributed by atoms with van der Waals surface area (Å²) in [6.45, 7) is 6.13. The molecule has 2 aliphatic heterocycles. The van der Waals surface area contributed by atoms with E-state index in [2.05, 4.69) is 5.32 Å². The Kier molecular flexibility index (Phi) is 17.4. The predicted molar refractivity (Wildman–Crippen MR) is 159 cm³/mol. The lowest BCUT2D eigenvalue weighted by Gasteiger charge is -2.49. The van der Waals surface area contributed by atoms with Crippen molar-refractivity contribution >= 4 is 41.7 Å². The highest BCUT2D eigenvalue weighted by molar-refractivity contribution is 5.73. The molecular formula is C30H45NO19. The molecule has 10 atom stereocenters. The van der Waals surface area contributed by atoms with Gasteiger partial charge in [-0.2, -0.15) is 0 Å². The molecule has 2 rings (SSSR count). The van der Waals surface area contributed by atoms with Crippen LogP contribution in [0.15, 0.2) is 0 Å². The first-order valence-electron chi connectivity index (χ1n) is 15.5. The molecule has 20 nitrogen and oxygen atoms in total. The molecule has 0 bridgehead atoms. The van der Waals surface area contributed by atoms with Gasteiger partial charge in [-0.25, -0.2) is 0 Å². The van der Waals surface area contributed by atoms with E-state index in [0.717, 1.165) is 41.5 Å². The molecule has 2 N–H and O–H groups in total. The molecule has 2 aliphatic rings. The van der Waals surface area contributed by atoms with Gasteiger partial charge in [-0.15, -0.1) is 0 Å². The molecule has 0 saturated carbocycles. The maximum atomic E-state index is 12.5. The van der Waals surface area contributed by atoms with Crippen molar-refractivity contribution in [2.24, 2.45) is 0 Å². The van der Waals surface area contributed by atoms with Crippen LogP contribution in [-0.2, 0) is 85.7 Å². The Morgan fingerprint density at radius 3 is 1.54 bits per heavy atom. The number of aliphatic hydroxyl groups excluding tert-OH is 1. The minimum Gasteiger partial charge on any atom is -0.463 e. The fourth-order valence-corrected chi connectivity index (χ4v) is 5.11. The van der Waals surface area contributed by atoms with Gasteiger partial charge in [0.2, 0.25) is 5.91 Å². The van der Waals surface area contributed by atoms with Crippen LogP contribution in [0.2, 0.25) is 0 Å². The maximum Gasteiger partial charge on any atom is 0.303 e. The van der Waals surface area contributed by atoms with Crippen LogP contribution in [0.4, 0.5) is 0 Å². The van der Waals surface area contributed by atoms with Gasteiger partial charge in [0.1, 0.15) is 37.6 Å². The Morgan fingerprint density at radius 1 is 0.560 bits per heavy atom. The molecule has 0 aromatic heterocycles. The van der Waals surface area contributed by atoms with E-state index in [9.17, 15) is 33.6 Å². The SMILES string of the molecule is CC(=O)N[C@H]1[C@@H](OCCOCCO)O[C@H](COC(C)=O)[C@@H](O[C@@H]2O[C@H](COC(C)=O)[C@H](OC(C)=O)[C@H](OC(C)=O)[C@H]2OC(C)=O)[C@@H]1OC(C)=O. The van der Waals surface area contributed by atoms with E-state index in [1.165, 1.54) is 6.92 Å². The van der Waals surface area contributed by atoms with Crippen LogP contribution in [0.1, 0.15) is 48.5 Å². The molecular weight excluding hydrogens is 678 g/mol. The normalized spacial score (nSPS) is 29.1. The number of esters is 6. The average Bonchev–Trinajstić information content (AvgIpc) is 2.99. The van der Waals surface area contributed by atoms with Crippen molar-refractivity contribution in [2.45, 2.75) is 110 Å². The minimum absolute atomic E-state index is 0.00920. The Morgan fingerprint density at radius 2 is 1.04 bits per heavy atom. The molecule has 2 saturated heterocycles. The van der Waals surface area contributed by atoms with Gasteiger partial charge in [0.25, 0.3) is 0 Å². The van der Waals surface area contributed by atoms with Gasteiger partial charge in [0.05, 0.1) is 26.4 Å². The van der Waals surface area contributed by atoms with E-state index >= 15 is 0 Å². The molecule has 0 aromatic rings. The number of hydrogen-bond acceptors (Lipinski definition) is 19. The zero-order valence-corrected chi connectivity index (χ0v) is 28.8. The fourth-order valence-electron chi connectivity index (χ4n) is 5.11. The standard InChI is InChI=1S/C30H45NO19/c1-14(33)31-23-26(45-18(5)37)24(21(12-42-15(2)34)48-29(23)41-11-10-40-9-8-32)50-30-28(47-20(7)39)27(46-19(6)38)25(44-17(4)36)22(49-30)13-43-16(3)35/h21-30,32H,8-13H2,1-7H3,(H,31,33)/t21-,22-,23-,24-,25+,26-,27+,28-,29+,30+/m1/s1. The third-order valence-corrected chi connectivity index (χ3v) is 6.75. The highest BCUT2D eigenvalue weighted by atomic mass is 16.8. The van der Waals surface area contributed by atoms with Gasteiger partial charge in [0, 0.05) is 48.5 Å². The Bertz CT molecular complexity index is 1190. The van der Waals surface area contributed by atoms with E-state index < -0.39 is 116 Å². The summed E-state index contributed by atoms with van der Waals surface area (Å²) in [5.74, 6) is -5.59. The van der Waals surface area contributed by atoms with Gasteiger partial charge >= 0.3 is 35.8 Å². The fraction of sp³-hybridized carbons (Fsp3) is 0.767. The smallest absolute Gasteiger partial charge is 0.303 e. The van der Waals surface area contributed by atoms with Crippen LogP contribution < -0.4 is 5.32 Å². The number of amides is 1. The van der Waals surface area contributed by atoms with Crippen molar-refractivity contribution in [2.75, 3.05) is 39.6 Å². The molecule has 2 heterocycles. The van der Waals surface area contributed by atoms with Gasteiger partial charge < -0.3 is 62.5 Å². The monoisotopic (exact) mass is 723 g/mol. The molecule has 0 unspecified atom stereocenters. The zero-order valence-electron chi connectivity index (χ0n) is 28.8. The second kappa shape index (κ2) is 20.7. The van der Waals surface area contributed by atoms with Crippen molar-refractivity contribution < 1.29 is 90.8 Å². The Hall–Kier alpha value is -3.95. The van der Waals surface area contributed by atoms with Crippen LogP contribution in [-0.4, -0.2) is 148 Å². The molecule has 20 heteroatoms. The number of ether oxygens (including phenoxy) is 11. The first-order valence-corrected chi connectivity index (χ1v) is 15.5. The summed E-state index contributed by atoms with van der Waals surface area (Å²) in [6.07, 6.45) is -13.7. The van der Waals surface area contributed by atoms with Crippen molar-refractivity contribution in [3.05, 3.63) is 0 Å². The van der Waals surface area contributed by atoms with Gasteiger partial charge in [0.15, 0.2) is 37.0 Å². The van der Waals surface area contributed by atoms with Crippen LogP contribution in [0.3, 0.4) is 0 Å². The van der Waals surface area contributed by atoms with Crippen LogP contribution in [0.5, 0.6) is 0 Å². The molecule has 0 aromatic carbocycles. The molecule has 0 spiro atoms. The molecule has 2 fully saturated rings. The summed E-state index contributed by atoms with van der Waals surface area (Å²) in [5, 5.41) is 11.6. The number of aliphatic hydroxyl groups is 1. The quantitative estimate of drug-likeness (QED) is 0.0954. The van der Waals surface area contributed by atoms with Gasteiger partial charge in [-0.3, -0.25) is 33.6 Å². The summed E-state index contributed by atoms with van der Waals surface area (Å²) in [4.78, 5) is 85.2. The zero-order chi connectivity index (χ0) is 37.5. The molecule has 284 valence electrons. The van der Waals surface area contributed by atoms with Crippen LogP contribution in [0.25, 0.3) is 0 Å². The second-order valence-corrected chi connectivity index (χ2v) is 11.0. The predicted octanol–water partition coefficient (Wildman–Crippen LogP) is -1.80. The van der Waals surface area contributed by atoms with E-state index in [4.69, 9.17) is 57.2 Å². The summed E-state index contributed by atoms with van der Waals surface area (Å²) < 4.78 is 61.7. The molecule has 0 aliphatic carbocycles. The molecule has 0 radical (unpaired) electrons. The van der Waals surface area contributed by atoms with Crippen molar-refractivity contribution in [1.29, 1.82) is 0 Å². The first-order chi connectivity index (χ1) is 23.5. The third kappa shape index (κ3) is 13.8. The van der Waals surface area contributed by atoms with Crippen molar-refractivity contribution in [3.63, 3.8) is 0 Å². The number of carbonyl (C=O) groups excluding carboxylic acids is 7. The Labute approximate surface area is 287 Å². The number of hydrogen-bond donors (Lipinski definition) is 2. The van der Waals surface area contributed by atoms with E-state index in [1.54, 1.807) is 0 Å². The summed E-state index contributed by atoms with van der Waals surface area (Å²) in [7, 11) is 0. The third-order valence-electron chi connectivity index (χ3n) is 6.75. The van der Waals surface area contributed by atoms with Gasteiger partial charge in [-0.05, 0) is 0 Å². The summed E-state index contributed by atoms with van der Waals surface area (Å²) in [5.41, 5.74) is 0. The minimum atomic E-state index is -1.77. The van der Waals surface area contributed by atoms with E-state index in [0.29, 0.717) is 0 Å². The largest absolute Gasteiger partial charge is 0.463 e. The maximum absolute atomic E-state index is 12.5. The number of rotatable bonds is 17. The Balaban J connectivity index is 2.67. The van der Waals surface area contributed by atoms with Crippen LogP contribution in [0, 0.1) is 0 Å². The number of carbonyl (C=O) groups is 7. The lowest BCUT2D eigenvalue weighted by molar-refractivity contribution is -0.350. The summed E-state index contributed by atoms with van der Waals surface area (Å²) >= 11 is 0. The van der Waals surface area contributed by atoms with E-state index in [1.807, 2.05) is 0 Å². The summed E-state index contributed by atoms with van der Waals surface area (Å²) in [6, 6.07) is -1.29. The first kappa shape index (κ1) is 42.2. The van der Waals surface area contributed by atoms with Crippen LogP contribution >= 0.6 is 0 Å². The highest BCUT2D eigenvalue weighted by Gasteiger charge is 2.57. The molecule has 50 heavy (non-hydrogen) atoms.